The number of piperidine rings is 1. The van der Waals surface area contributed by atoms with E-state index in [2.05, 4.69) is 9.62 Å². The minimum Gasteiger partial charge on any atom is -0.497 e. The Kier molecular flexibility index (Phi) is 5.94. The summed E-state index contributed by atoms with van der Waals surface area (Å²) in [6.07, 6.45) is 2.15. The van der Waals surface area contributed by atoms with E-state index in [1.165, 1.54) is 6.92 Å². The summed E-state index contributed by atoms with van der Waals surface area (Å²) in [5.74, 6) is 0.796. The van der Waals surface area contributed by atoms with E-state index in [0.29, 0.717) is 6.42 Å². The molecular formula is C23H29N3O4S. The highest BCUT2D eigenvalue weighted by molar-refractivity contribution is 7.89. The van der Waals surface area contributed by atoms with Crippen molar-refractivity contribution in [2.24, 2.45) is 0 Å². The van der Waals surface area contributed by atoms with Crippen molar-refractivity contribution in [3.8, 4) is 5.75 Å². The number of rotatable bonds is 5. The van der Waals surface area contributed by atoms with E-state index in [9.17, 15) is 13.2 Å². The van der Waals surface area contributed by atoms with Gasteiger partial charge in [-0.05, 0) is 74.2 Å². The molecule has 8 heteroatoms. The molecule has 1 saturated heterocycles. The Morgan fingerprint density at radius 1 is 1.10 bits per heavy atom. The number of carbonyl (C=O) groups is 1. The highest BCUT2D eigenvalue weighted by Gasteiger charge is 2.31. The number of hydrogen-bond donors (Lipinski definition) is 1. The Balaban J connectivity index is 1.41. The zero-order valence-electron chi connectivity index (χ0n) is 18.2. The average Bonchev–Trinajstić information content (AvgIpc) is 3.09. The SMILES string of the molecule is COc1ccc(N2CCC(NS(=O)(=O)c3ccc4c(c3)CC(C)N4C(C)=O)CC2)cc1. The first kappa shape index (κ1) is 21.6. The number of fused-ring (bicyclic) bond motifs is 1. The van der Waals surface area contributed by atoms with E-state index in [1.54, 1.807) is 30.2 Å². The Bertz CT molecular complexity index is 1060. The van der Waals surface area contributed by atoms with Crippen LogP contribution in [0.1, 0.15) is 32.3 Å². The highest BCUT2D eigenvalue weighted by atomic mass is 32.2. The molecule has 2 aromatic rings. The van der Waals surface area contributed by atoms with Gasteiger partial charge in [-0.3, -0.25) is 4.79 Å². The van der Waals surface area contributed by atoms with E-state index in [-0.39, 0.29) is 22.9 Å². The normalized spacial score (nSPS) is 19.4. The topological polar surface area (TPSA) is 79.0 Å². The summed E-state index contributed by atoms with van der Waals surface area (Å²) in [4.78, 5) is 16.2. The highest BCUT2D eigenvalue weighted by Crippen LogP contribution is 2.34. The van der Waals surface area contributed by atoms with Gasteiger partial charge in [-0.15, -0.1) is 0 Å². The van der Waals surface area contributed by atoms with Crippen LogP contribution in [-0.4, -0.2) is 46.6 Å². The maximum Gasteiger partial charge on any atom is 0.240 e. The molecule has 1 N–H and O–H groups in total. The molecule has 31 heavy (non-hydrogen) atoms. The van der Waals surface area contributed by atoms with Crippen molar-refractivity contribution in [1.82, 2.24) is 4.72 Å². The van der Waals surface area contributed by atoms with Crippen molar-refractivity contribution >= 4 is 27.3 Å². The number of nitrogens with one attached hydrogen (secondary N) is 1. The second-order valence-corrected chi connectivity index (χ2v) is 10.0. The summed E-state index contributed by atoms with van der Waals surface area (Å²) in [5.41, 5.74) is 2.83. The van der Waals surface area contributed by atoms with Gasteiger partial charge in [0.25, 0.3) is 0 Å². The van der Waals surface area contributed by atoms with Gasteiger partial charge in [0.05, 0.1) is 12.0 Å². The molecule has 1 amide bonds. The minimum atomic E-state index is -3.62. The van der Waals surface area contributed by atoms with Crippen LogP contribution in [0.4, 0.5) is 11.4 Å². The fourth-order valence-electron chi connectivity index (χ4n) is 4.59. The van der Waals surface area contributed by atoms with Gasteiger partial charge in [-0.25, -0.2) is 13.1 Å². The summed E-state index contributed by atoms with van der Waals surface area (Å²) in [6.45, 7) is 5.09. The van der Waals surface area contributed by atoms with Crippen LogP contribution in [0.3, 0.4) is 0 Å². The molecule has 166 valence electrons. The Morgan fingerprint density at radius 3 is 2.39 bits per heavy atom. The monoisotopic (exact) mass is 443 g/mol. The largest absolute Gasteiger partial charge is 0.497 e. The lowest BCUT2D eigenvalue weighted by Gasteiger charge is -2.33. The molecule has 0 saturated carbocycles. The number of hydrogen-bond acceptors (Lipinski definition) is 5. The molecule has 0 spiro atoms. The van der Waals surface area contributed by atoms with Gasteiger partial charge in [0.15, 0.2) is 0 Å². The fraction of sp³-hybridized carbons (Fsp3) is 0.435. The van der Waals surface area contributed by atoms with E-state index in [1.807, 2.05) is 31.2 Å². The third kappa shape index (κ3) is 4.41. The third-order valence-electron chi connectivity index (χ3n) is 6.17. The maximum absolute atomic E-state index is 13.0. The zero-order chi connectivity index (χ0) is 22.2. The second-order valence-electron chi connectivity index (χ2n) is 8.31. The van der Waals surface area contributed by atoms with E-state index < -0.39 is 10.0 Å². The predicted octanol–water partition coefficient (Wildman–Crippen LogP) is 2.94. The molecule has 7 nitrogen and oxygen atoms in total. The quantitative estimate of drug-likeness (QED) is 0.769. The van der Waals surface area contributed by atoms with Gasteiger partial charge in [0.2, 0.25) is 15.9 Å². The molecule has 0 aromatic heterocycles. The molecular weight excluding hydrogens is 414 g/mol. The molecule has 4 rings (SSSR count). The van der Waals surface area contributed by atoms with Crippen molar-refractivity contribution in [3.05, 3.63) is 48.0 Å². The molecule has 1 fully saturated rings. The summed E-state index contributed by atoms with van der Waals surface area (Å²) in [7, 11) is -1.97. The zero-order valence-corrected chi connectivity index (χ0v) is 19.0. The lowest BCUT2D eigenvalue weighted by atomic mass is 10.1. The molecule has 2 aliphatic heterocycles. The van der Waals surface area contributed by atoms with Crippen molar-refractivity contribution < 1.29 is 17.9 Å². The minimum absolute atomic E-state index is 0.0244. The Hall–Kier alpha value is -2.58. The predicted molar refractivity (Wildman–Crippen MR) is 121 cm³/mol. The third-order valence-corrected chi connectivity index (χ3v) is 7.69. The number of benzene rings is 2. The van der Waals surface area contributed by atoms with Gasteiger partial charge in [-0.1, -0.05) is 0 Å². The standard InChI is InChI=1S/C23H29N3O4S/c1-16-14-18-15-22(8-9-23(18)26(16)17(2)27)31(28,29)24-19-10-12-25(13-11-19)20-4-6-21(30-3)7-5-20/h4-9,15-16,19,24H,10-14H2,1-3H3. The summed E-state index contributed by atoms with van der Waals surface area (Å²) >= 11 is 0. The van der Waals surface area contributed by atoms with Crippen molar-refractivity contribution in [2.75, 3.05) is 30.0 Å². The summed E-state index contributed by atoms with van der Waals surface area (Å²) < 4.78 is 34.1. The van der Waals surface area contributed by atoms with Gasteiger partial charge in [0.1, 0.15) is 5.75 Å². The first-order valence-corrected chi connectivity index (χ1v) is 12.1. The lowest BCUT2D eigenvalue weighted by Crippen LogP contribution is -2.44. The molecule has 0 aliphatic carbocycles. The van der Waals surface area contributed by atoms with Gasteiger partial charge >= 0.3 is 0 Å². The number of sulfonamides is 1. The van der Waals surface area contributed by atoms with Crippen LogP contribution in [0.5, 0.6) is 5.75 Å². The van der Waals surface area contributed by atoms with Crippen LogP contribution >= 0.6 is 0 Å². The first-order chi connectivity index (χ1) is 14.8. The number of amides is 1. The summed E-state index contributed by atoms with van der Waals surface area (Å²) in [6, 6.07) is 12.9. The van der Waals surface area contributed by atoms with Gasteiger partial charge in [0, 0.05) is 43.5 Å². The molecule has 2 aliphatic rings. The molecule has 2 aromatic carbocycles. The molecule has 1 atom stereocenters. The van der Waals surface area contributed by atoms with Crippen molar-refractivity contribution in [2.45, 2.75) is 50.1 Å². The molecule has 0 radical (unpaired) electrons. The molecule has 2 heterocycles. The number of anilines is 2. The second kappa shape index (κ2) is 8.51. The van der Waals surface area contributed by atoms with Crippen LogP contribution in [0.15, 0.2) is 47.4 Å². The van der Waals surface area contributed by atoms with Gasteiger partial charge in [-0.2, -0.15) is 0 Å². The molecule has 1 unspecified atom stereocenters. The fourth-order valence-corrected chi connectivity index (χ4v) is 5.95. The summed E-state index contributed by atoms with van der Waals surface area (Å²) in [5, 5.41) is 0. The van der Waals surface area contributed by atoms with E-state index in [0.717, 1.165) is 48.6 Å². The van der Waals surface area contributed by atoms with E-state index in [4.69, 9.17) is 4.74 Å². The van der Waals surface area contributed by atoms with Crippen molar-refractivity contribution in [3.63, 3.8) is 0 Å². The molecule has 0 bridgehead atoms. The lowest BCUT2D eigenvalue weighted by molar-refractivity contribution is -0.116. The van der Waals surface area contributed by atoms with Crippen LogP contribution in [0.2, 0.25) is 0 Å². The Labute approximate surface area is 184 Å². The van der Waals surface area contributed by atoms with Crippen LogP contribution in [0, 0.1) is 0 Å². The van der Waals surface area contributed by atoms with Gasteiger partial charge < -0.3 is 14.5 Å². The Morgan fingerprint density at radius 2 is 1.77 bits per heavy atom. The van der Waals surface area contributed by atoms with Crippen LogP contribution < -0.4 is 19.3 Å². The van der Waals surface area contributed by atoms with Crippen LogP contribution in [0.25, 0.3) is 0 Å². The maximum atomic E-state index is 13.0. The first-order valence-electron chi connectivity index (χ1n) is 10.6. The number of methoxy groups -OCH3 is 1. The number of nitrogens with zero attached hydrogens (tertiary/aromatic N) is 2. The number of carbonyl (C=O) groups excluding carboxylic acids is 1. The van der Waals surface area contributed by atoms with Crippen molar-refractivity contribution in [1.29, 1.82) is 0 Å². The van der Waals surface area contributed by atoms with E-state index >= 15 is 0 Å². The average molecular weight is 444 g/mol. The van der Waals surface area contributed by atoms with Crippen LogP contribution in [-0.2, 0) is 21.2 Å². The smallest absolute Gasteiger partial charge is 0.240 e. The number of ether oxygens (including phenoxy) is 1.